The van der Waals surface area contributed by atoms with Gasteiger partial charge in [-0.25, -0.2) is 0 Å². The van der Waals surface area contributed by atoms with Crippen LogP contribution < -0.4 is 5.32 Å². The molecule has 0 aliphatic rings. The highest BCUT2D eigenvalue weighted by atomic mass is 28.2. The Morgan fingerprint density at radius 2 is 1.82 bits per heavy atom. The van der Waals surface area contributed by atoms with Gasteiger partial charge in [0.15, 0.2) is 16.1 Å². The summed E-state index contributed by atoms with van der Waals surface area (Å²) in [5, 5.41) is 2.98. The van der Waals surface area contributed by atoms with Crippen LogP contribution >= 0.6 is 0 Å². The lowest BCUT2D eigenvalue weighted by Gasteiger charge is -2.18. The number of ether oxygens (including phenoxy) is 4. The van der Waals surface area contributed by atoms with Crippen LogP contribution in [0.15, 0.2) is 0 Å². The van der Waals surface area contributed by atoms with Crippen LogP contribution in [0, 0.1) is 0 Å². The van der Waals surface area contributed by atoms with Gasteiger partial charge in [0.25, 0.3) is 0 Å². The molecule has 0 aromatic carbocycles. The molecule has 0 fully saturated rings. The molecule has 22 heavy (non-hydrogen) atoms. The summed E-state index contributed by atoms with van der Waals surface area (Å²) < 4.78 is 25.3. The molecule has 0 aliphatic heterocycles. The zero-order chi connectivity index (χ0) is 16.8. The van der Waals surface area contributed by atoms with Crippen LogP contribution in [0.4, 0.5) is 0 Å². The van der Waals surface area contributed by atoms with E-state index in [2.05, 4.69) is 5.32 Å². The molecule has 0 aromatic heterocycles. The highest BCUT2D eigenvalue weighted by molar-refractivity contribution is 6.27. The first kappa shape index (κ1) is 21.0. The Hall–Kier alpha value is -1.00. The number of methoxy groups -OCH3 is 2. The van der Waals surface area contributed by atoms with Crippen molar-refractivity contribution >= 4 is 21.7 Å². The van der Waals surface area contributed by atoms with Crippen molar-refractivity contribution in [1.29, 1.82) is 0 Å². The van der Waals surface area contributed by atoms with E-state index in [9.17, 15) is 9.59 Å². The predicted octanol–water partition coefficient (Wildman–Crippen LogP) is -0.862. The zero-order valence-corrected chi connectivity index (χ0v) is 15.2. The molecule has 0 saturated heterocycles. The molecule has 0 saturated carbocycles. The number of carbonyl (C=O) groups excluding carboxylic acids is 2. The lowest BCUT2D eigenvalue weighted by molar-refractivity contribution is -0.152. The highest BCUT2D eigenvalue weighted by Gasteiger charge is 2.23. The van der Waals surface area contributed by atoms with Crippen LogP contribution in [-0.4, -0.2) is 74.2 Å². The fourth-order valence-electron chi connectivity index (χ4n) is 1.61. The molecule has 8 nitrogen and oxygen atoms in total. The third-order valence-electron chi connectivity index (χ3n) is 2.61. The minimum atomic E-state index is -0.978. The number of hydrogen-bond acceptors (Lipinski definition) is 8. The number of rotatable bonds is 13. The second-order valence-corrected chi connectivity index (χ2v) is 5.50. The Morgan fingerprint density at radius 3 is 2.36 bits per heavy atom. The van der Waals surface area contributed by atoms with Gasteiger partial charge in [-0.2, -0.15) is 0 Å². The van der Waals surface area contributed by atoms with E-state index < -0.39 is 34.0 Å². The topological polar surface area (TPSA) is 92.3 Å². The van der Waals surface area contributed by atoms with Gasteiger partial charge in [-0.3, -0.25) is 9.59 Å². The van der Waals surface area contributed by atoms with E-state index in [-0.39, 0.29) is 19.6 Å². The lowest BCUT2D eigenvalue weighted by atomic mass is 10.2. The monoisotopic (exact) mass is 337 g/mol. The second-order valence-electron chi connectivity index (χ2n) is 4.26. The van der Waals surface area contributed by atoms with Crippen molar-refractivity contribution in [3.8, 4) is 0 Å². The molecule has 130 valence electrons. The summed E-state index contributed by atoms with van der Waals surface area (Å²) in [6.45, 7) is 4.30. The van der Waals surface area contributed by atoms with E-state index in [1.165, 1.54) is 7.11 Å². The Morgan fingerprint density at radius 1 is 1.14 bits per heavy atom. The third-order valence-corrected chi connectivity index (χ3v) is 3.71. The van der Waals surface area contributed by atoms with Gasteiger partial charge in [0.2, 0.25) is 0 Å². The van der Waals surface area contributed by atoms with Crippen LogP contribution in [0.25, 0.3) is 0 Å². The van der Waals surface area contributed by atoms with Gasteiger partial charge in [0.05, 0.1) is 26.2 Å². The van der Waals surface area contributed by atoms with Crippen molar-refractivity contribution in [2.45, 2.75) is 32.6 Å². The fraction of sp³-hybridized carbons (Fsp3) is 0.846. The fourth-order valence-corrected chi connectivity index (χ4v) is 2.69. The second kappa shape index (κ2) is 13.6. The molecule has 0 radical (unpaired) electrons. The largest absolute Gasteiger partial charge is 0.466 e. The summed E-state index contributed by atoms with van der Waals surface area (Å²) in [5.74, 6) is -0.908. The molecule has 0 aromatic rings. The van der Waals surface area contributed by atoms with E-state index in [0.29, 0.717) is 12.8 Å². The van der Waals surface area contributed by atoms with Crippen LogP contribution in [0.5, 0.6) is 0 Å². The van der Waals surface area contributed by atoms with Crippen molar-refractivity contribution in [3.05, 3.63) is 0 Å². The number of esters is 2. The maximum atomic E-state index is 11.8. The van der Waals surface area contributed by atoms with E-state index in [0.717, 1.165) is 0 Å². The van der Waals surface area contributed by atoms with Crippen molar-refractivity contribution < 1.29 is 33.0 Å². The molecular formula is C13H27NO7Si. The Balaban J connectivity index is 4.22. The summed E-state index contributed by atoms with van der Waals surface area (Å²) in [6.07, 6.45) is 0.0174. The number of carbonyl (C=O) groups is 2. The normalized spacial score (nSPS) is 14.0. The molecule has 0 amide bonds. The van der Waals surface area contributed by atoms with Gasteiger partial charge in [-0.15, -0.1) is 0 Å². The van der Waals surface area contributed by atoms with Gasteiger partial charge in [-0.05, 0) is 13.8 Å². The SMILES string of the molecule is CCOC(=O)CC(NC[SiH2]OC(COC)OC)C(=O)OCC. The summed E-state index contributed by atoms with van der Waals surface area (Å²) in [4.78, 5) is 23.3. The molecule has 2 atom stereocenters. The molecular weight excluding hydrogens is 310 g/mol. The molecule has 1 N–H and O–H groups in total. The van der Waals surface area contributed by atoms with Gasteiger partial charge in [-0.1, -0.05) is 0 Å². The first-order valence-electron chi connectivity index (χ1n) is 7.27. The van der Waals surface area contributed by atoms with Crippen molar-refractivity contribution in [2.75, 3.05) is 40.2 Å². The van der Waals surface area contributed by atoms with E-state index in [1.807, 2.05) is 0 Å². The smallest absolute Gasteiger partial charge is 0.323 e. The van der Waals surface area contributed by atoms with Crippen molar-refractivity contribution in [1.82, 2.24) is 5.32 Å². The zero-order valence-electron chi connectivity index (χ0n) is 13.8. The maximum absolute atomic E-state index is 11.8. The first-order valence-corrected chi connectivity index (χ1v) is 8.85. The summed E-state index contributed by atoms with van der Waals surface area (Å²) in [6, 6.07) is -0.724. The van der Waals surface area contributed by atoms with Crippen molar-refractivity contribution in [2.24, 2.45) is 0 Å². The van der Waals surface area contributed by atoms with Crippen LogP contribution in [0.2, 0.25) is 0 Å². The maximum Gasteiger partial charge on any atom is 0.323 e. The minimum absolute atomic E-state index is 0.0626. The van der Waals surface area contributed by atoms with Gasteiger partial charge < -0.3 is 28.7 Å². The van der Waals surface area contributed by atoms with E-state index in [4.69, 9.17) is 23.4 Å². The molecule has 0 rings (SSSR count). The van der Waals surface area contributed by atoms with Crippen molar-refractivity contribution in [3.63, 3.8) is 0 Å². The number of nitrogens with one attached hydrogen (secondary N) is 1. The molecule has 0 spiro atoms. The summed E-state index contributed by atoms with van der Waals surface area (Å²) >= 11 is 0. The Labute approximate surface area is 133 Å². The average Bonchev–Trinajstić information content (AvgIpc) is 2.49. The van der Waals surface area contributed by atoms with Gasteiger partial charge in [0.1, 0.15) is 6.04 Å². The van der Waals surface area contributed by atoms with Crippen LogP contribution in [-0.2, 0) is 33.0 Å². The standard InChI is InChI=1S/C13H27NO7Si/c1-5-19-11(15)7-10(13(16)20-6-2)14-9-22-21-12(18-4)8-17-3/h10,12,14H,5-9,22H2,1-4H3. The quantitative estimate of drug-likeness (QED) is 0.201. The average molecular weight is 337 g/mol. The molecule has 9 heteroatoms. The first-order chi connectivity index (χ1) is 10.6. The number of hydrogen-bond donors (Lipinski definition) is 1. The lowest BCUT2D eigenvalue weighted by Crippen LogP contribution is -2.43. The Bertz CT molecular complexity index is 317. The summed E-state index contributed by atoms with van der Waals surface area (Å²) in [7, 11) is 2.12. The Kier molecular flexibility index (Phi) is 13.0. The minimum Gasteiger partial charge on any atom is -0.466 e. The van der Waals surface area contributed by atoms with Gasteiger partial charge in [0, 0.05) is 20.4 Å². The van der Waals surface area contributed by atoms with Crippen LogP contribution in [0.3, 0.4) is 0 Å². The molecule has 0 heterocycles. The van der Waals surface area contributed by atoms with Gasteiger partial charge >= 0.3 is 11.9 Å². The molecule has 0 bridgehead atoms. The van der Waals surface area contributed by atoms with E-state index >= 15 is 0 Å². The van der Waals surface area contributed by atoms with Crippen LogP contribution in [0.1, 0.15) is 20.3 Å². The highest BCUT2D eigenvalue weighted by Crippen LogP contribution is 1.99. The predicted molar refractivity (Wildman–Crippen MR) is 82.0 cm³/mol. The molecule has 0 aliphatic carbocycles. The summed E-state index contributed by atoms with van der Waals surface area (Å²) in [5.41, 5.74) is 0. The third kappa shape index (κ3) is 9.85. The van der Waals surface area contributed by atoms with E-state index in [1.54, 1.807) is 21.0 Å². The molecule has 2 unspecified atom stereocenters.